The van der Waals surface area contributed by atoms with Crippen LogP contribution in [0, 0.1) is 6.92 Å². The van der Waals surface area contributed by atoms with Crippen LogP contribution in [-0.2, 0) is 4.79 Å². The van der Waals surface area contributed by atoms with E-state index < -0.39 is 12.0 Å². The van der Waals surface area contributed by atoms with Crippen LogP contribution in [-0.4, -0.2) is 46.0 Å². The van der Waals surface area contributed by atoms with Gasteiger partial charge in [0.2, 0.25) is 0 Å². The molecule has 19 heavy (non-hydrogen) atoms. The molecule has 1 aliphatic rings. The maximum absolute atomic E-state index is 12.5. The standard InChI is InChI=1S/C13H14BrNO3S/c1-8-2-3-9(10(14)6-8)12(16)15-4-5-19-7-11(15)13(17)18/h2-3,6,11H,4-5,7H2,1H3,(H,17,18). The summed E-state index contributed by atoms with van der Waals surface area (Å²) in [5.41, 5.74) is 1.57. The number of carbonyl (C=O) groups is 2. The number of aryl methyl sites for hydroxylation is 1. The van der Waals surface area contributed by atoms with Gasteiger partial charge in [-0.25, -0.2) is 4.79 Å². The van der Waals surface area contributed by atoms with Crippen LogP contribution in [0.25, 0.3) is 0 Å². The van der Waals surface area contributed by atoms with Crippen LogP contribution >= 0.6 is 27.7 Å². The molecule has 1 amide bonds. The number of carboxylic acid groups (broad SMARTS) is 1. The molecule has 0 radical (unpaired) electrons. The van der Waals surface area contributed by atoms with Crippen molar-refractivity contribution < 1.29 is 14.7 Å². The van der Waals surface area contributed by atoms with E-state index in [4.69, 9.17) is 0 Å². The normalized spacial score (nSPS) is 19.3. The fraction of sp³-hybridized carbons (Fsp3) is 0.385. The highest BCUT2D eigenvalue weighted by molar-refractivity contribution is 9.10. The lowest BCUT2D eigenvalue weighted by atomic mass is 10.1. The maximum Gasteiger partial charge on any atom is 0.327 e. The molecule has 0 aromatic heterocycles. The second-order valence-corrected chi connectivity index (χ2v) is 6.41. The molecule has 0 bridgehead atoms. The number of halogens is 1. The zero-order valence-corrected chi connectivity index (χ0v) is 12.8. The van der Waals surface area contributed by atoms with Gasteiger partial charge in [0, 0.05) is 22.5 Å². The summed E-state index contributed by atoms with van der Waals surface area (Å²) >= 11 is 4.94. The monoisotopic (exact) mass is 343 g/mol. The Hall–Kier alpha value is -1.01. The first kappa shape index (κ1) is 14.4. The Bertz CT molecular complexity index is 521. The number of amides is 1. The summed E-state index contributed by atoms with van der Waals surface area (Å²) in [6, 6.07) is 4.72. The number of benzene rings is 1. The van der Waals surface area contributed by atoms with Crippen LogP contribution in [0.4, 0.5) is 0 Å². The van der Waals surface area contributed by atoms with E-state index in [0.29, 0.717) is 22.3 Å². The molecule has 1 fully saturated rings. The summed E-state index contributed by atoms with van der Waals surface area (Å²) in [4.78, 5) is 25.1. The van der Waals surface area contributed by atoms with Gasteiger partial charge in [-0.15, -0.1) is 0 Å². The van der Waals surface area contributed by atoms with Crippen molar-refractivity contribution in [2.45, 2.75) is 13.0 Å². The quantitative estimate of drug-likeness (QED) is 0.895. The second kappa shape index (κ2) is 5.96. The van der Waals surface area contributed by atoms with Gasteiger partial charge < -0.3 is 10.0 Å². The van der Waals surface area contributed by atoms with Gasteiger partial charge in [0.1, 0.15) is 6.04 Å². The van der Waals surface area contributed by atoms with Gasteiger partial charge in [-0.2, -0.15) is 11.8 Å². The maximum atomic E-state index is 12.5. The molecule has 1 N–H and O–H groups in total. The summed E-state index contributed by atoms with van der Waals surface area (Å²) in [5.74, 6) is 0.0622. The summed E-state index contributed by atoms with van der Waals surface area (Å²) in [7, 11) is 0. The van der Waals surface area contributed by atoms with Gasteiger partial charge in [0.05, 0.1) is 5.56 Å². The number of thioether (sulfide) groups is 1. The van der Waals surface area contributed by atoms with E-state index in [0.717, 1.165) is 11.3 Å². The molecule has 4 nitrogen and oxygen atoms in total. The number of aliphatic carboxylic acids is 1. The third-order valence-electron chi connectivity index (χ3n) is 3.03. The van der Waals surface area contributed by atoms with Gasteiger partial charge >= 0.3 is 5.97 Å². The highest BCUT2D eigenvalue weighted by atomic mass is 79.9. The number of hydrogen-bond donors (Lipinski definition) is 1. The minimum absolute atomic E-state index is 0.223. The highest BCUT2D eigenvalue weighted by Crippen LogP contribution is 2.24. The number of hydrogen-bond acceptors (Lipinski definition) is 3. The summed E-state index contributed by atoms with van der Waals surface area (Å²) < 4.78 is 0.708. The topological polar surface area (TPSA) is 57.6 Å². The summed E-state index contributed by atoms with van der Waals surface area (Å²) in [6.07, 6.45) is 0. The van der Waals surface area contributed by atoms with E-state index in [1.807, 2.05) is 19.1 Å². The predicted molar refractivity (Wildman–Crippen MR) is 78.7 cm³/mol. The van der Waals surface area contributed by atoms with E-state index in [9.17, 15) is 14.7 Å². The van der Waals surface area contributed by atoms with Gasteiger partial charge in [-0.3, -0.25) is 4.79 Å². The highest BCUT2D eigenvalue weighted by Gasteiger charge is 2.33. The van der Waals surface area contributed by atoms with E-state index in [2.05, 4.69) is 15.9 Å². The number of carbonyl (C=O) groups excluding carboxylic acids is 1. The number of rotatable bonds is 2. The van der Waals surface area contributed by atoms with E-state index >= 15 is 0 Å². The molecule has 6 heteroatoms. The summed E-state index contributed by atoms with van der Waals surface area (Å²) in [5, 5.41) is 9.20. The second-order valence-electron chi connectivity index (χ2n) is 4.41. The van der Waals surface area contributed by atoms with Crippen molar-refractivity contribution >= 4 is 39.6 Å². The first-order valence-corrected chi connectivity index (χ1v) is 7.83. The zero-order chi connectivity index (χ0) is 14.0. The minimum atomic E-state index is -0.941. The molecule has 1 saturated heterocycles. The van der Waals surface area contributed by atoms with Crippen molar-refractivity contribution in [3.8, 4) is 0 Å². The lowest BCUT2D eigenvalue weighted by molar-refractivity contribution is -0.141. The van der Waals surface area contributed by atoms with E-state index in [1.54, 1.807) is 17.8 Å². The smallest absolute Gasteiger partial charge is 0.327 e. The average Bonchev–Trinajstić information content (AvgIpc) is 2.38. The van der Waals surface area contributed by atoms with Crippen molar-refractivity contribution in [2.75, 3.05) is 18.1 Å². The zero-order valence-electron chi connectivity index (χ0n) is 10.4. The fourth-order valence-electron chi connectivity index (χ4n) is 2.00. The van der Waals surface area contributed by atoms with Crippen LogP contribution in [0.3, 0.4) is 0 Å². The fourth-order valence-corrected chi connectivity index (χ4v) is 3.70. The van der Waals surface area contributed by atoms with Gasteiger partial charge in [-0.1, -0.05) is 6.07 Å². The molecule has 1 aromatic rings. The third kappa shape index (κ3) is 3.12. The van der Waals surface area contributed by atoms with Crippen LogP contribution in [0.15, 0.2) is 22.7 Å². The van der Waals surface area contributed by atoms with Crippen molar-refractivity contribution in [3.05, 3.63) is 33.8 Å². The Balaban J connectivity index is 2.28. The lowest BCUT2D eigenvalue weighted by Gasteiger charge is -2.32. The van der Waals surface area contributed by atoms with Gasteiger partial charge in [0.25, 0.3) is 5.91 Å². The number of carboxylic acids is 1. The lowest BCUT2D eigenvalue weighted by Crippen LogP contribution is -2.50. The molecule has 1 aliphatic heterocycles. The first-order valence-electron chi connectivity index (χ1n) is 5.88. The van der Waals surface area contributed by atoms with Crippen LogP contribution in [0.1, 0.15) is 15.9 Å². The molecule has 102 valence electrons. The molecule has 1 heterocycles. The molecule has 1 unspecified atom stereocenters. The molecule has 1 aromatic carbocycles. The predicted octanol–water partition coefficient (Wildman–Crippen LogP) is 2.40. The Labute approximate surface area is 124 Å². The molecular formula is C13H14BrNO3S. The van der Waals surface area contributed by atoms with Crippen LogP contribution in [0.2, 0.25) is 0 Å². The Morgan fingerprint density at radius 1 is 1.47 bits per heavy atom. The number of nitrogens with zero attached hydrogens (tertiary/aromatic N) is 1. The Morgan fingerprint density at radius 3 is 2.84 bits per heavy atom. The first-order chi connectivity index (χ1) is 9.00. The molecule has 1 atom stereocenters. The van der Waals surface area contributed by atoms with Gasteiger partial charge in [-0.05, 0) is 40.5 Å². The molecule has 0 saturated carbocycles. The molecule has 0 aliphatic carbocycles. The minimum Gasteiger partial charge on any atom is -0.480 e. The van der Waals surface area contributed by atoms with Crippen molar-refractivity contribution in [1.82, 2.24) is 4.90 Å². The Kier molecular flexibility index (Phi) is 4.52. The van der Waals surface area contributed by atoms with Gasteiger partial charge in [0.15, 0.2) is 0 Å². The average molecular weight is 344 g/mol. The largest absolute Gasteiger partial charge is 0.480 e. The summed E-state index contributed by atoms with van der Waals surface area (Å²) in [6.45, 7) is 2.41. The van der Waals surface area contributed by atoms with Crippen molar-refractivity contribution in [1.29, 1.82) is 0 Å². The van der Waals surface area contributed by atoms with Crippen LogP contribution in [0.5, 0.6) is 0 Å². The third-order valence-corrected chi connectivity index (χ3v) is 4.71. The molecule has 2 rings (SSSR count). The van der Waals surface area contributed by atoms with E-state index in [1.165, 1.54) is 4.90 Å². The molecule has 0 spiro atoms. The van der Waals surface area contributed by atoms with E-state index in [-0.39, 0.29) is 5.91 Å². The van der Waals surface area contributed by atoms with Crippen LogP contribution < -0.4 is 0 Å². The molecular weight excluding hydrogens is 330 g/mol. The van der Waals surface area contributed by atoms with Crippen molar-refractivity contribution in [3.63, 3.8) is 0 Å². The Morgan fingerprint density at radius 2 is 2.21 bits per heavy atom. The van der Waals surface area contributed by atoms with Crippen molar-refractivity contribution in [2.24, 2.45) is 0 Å². The SMILES string of the molecule is Cc1ccc(C(=O)N2CCSCC2C(=O)O)c(Br)c1.